The van der Waals surface area contributed by atoms with Gasteiger partial charge >= 0.3 is 0 Å². The maximum Gasteiger partial charge on any atom is 0.251 e. The molecule has 0 aliphatic carbocycles. The molecule has 6 nitrogen and oxygen atoms in total. The lowest BCUT2D eigenvalue weighted by atomic mass is 9.97. The van der Waals surface area contributed by atoms with Crippen LogP contribution in [-0.4, -0.2) is 69.6 Å². The average molecular weight is 396 g/mol. The van der Waals surface area contributed by atoms with E-state index >= 15 is 0 Å². The first-order valence-corrected chi connectivity index (χ1v) is 11.4. The summed E-state index contributed by atoms with van der Waals surface area (Å²) in [5, 5.41) is 3.09. The van der Waals surface area contributed by atoms with E-state index in [2.05, 4.69) is 17.1 Å². The molecule has 1 aliphatic rings. The number of nitrogens with one attached hydrogen (secondary N) is 1. The van der Waals surface area contributed by atoms with Crippen LogP contribution in [0.1, 0.15) is 42.1 Å². The van der Waals surface area contributed by atoms with Crippen molar-refractivity contribution in [2.24, 2.45) is 5.92 Å². The van der Waals surface area contributed by atoms with Crippen molar-refractivity contribution in [3.63, 3.8) is 0 Å². The standard InChI is InChI=1S/C20H33N3O3S/c1-4-18-10-5-6-11-19(18)20(24)21-15-17-9-7-12-23(16-17)13-8-14-27(25,26)22(2)3/h5-6,10-11,17H,4,7-9,12-16H2,1-3H3,(H,21,24). The second-order valence-corrected chi connectivity index (χ2v) is 9.78. The number of nitrogens with zero attached hydrogens (tertiary/aromatic N) is 2. The number of carbonyl (C=O) groups excluding carboxylic acids is 1. The van der Waals surface area contributed by atoms with Crippen molar-refractivity contribution in [1.82, 2.24) is 14.5 Å². The molecule has 1 aliphatic heterocycles. The largest absolute Gasteiger partial charge is 0.352 e. The van der Waals surface area contributed by atoms with E-state index in [9.17, 15) is 13.2 Å². The molecule has 1 saturated heterocycles. The minimum Gasteiger partial charge on any atom is -0.352 e. The Morgan fingerprint density at radius 2 is 2.04 bits per heavy atom. The highest BCUT2D eigenvalue weighted by Crippen LogP contribution is 2.17. The number of hydrogen-bond acceptors (Lipinski definition) is 4. The topological polar surface area (TPSA) is 69.7 Å². The number of sulfonamides is 1. The summed E-state index contributed by atoms with van der Waals surface area (Å²) in [6.45, 7) is 5.43. The Labute approximate surface area is 164 Å². The monoisotopic (exact) mass is 395 g/mol. The van der Waals surface area contributed by atoms with E-state index in [1.165, 1.54) is 4.31 Å². The summed E-state index contributed by atoms with van der Waals surface area (Å²) in [6.07, 6.45) is 3.68. The van der Waals surface area contributed by atoms with Gasteiger partial charge in [-0.15, -0.1) is 0 Å². The number of hydrogen-bond donors (Lipinski definition) is 1. The Kier molecular flexibility index (Phi) is 8.26. The van der Waals surface area contributed by atoms with Crippen LogP contribution in [0.4, 0.5) is 0 Å². The molecule has 152 valence electrons. The summed E-state index contributed by atoms with van der Waals surface area (Å²) in [5.41, 5.74) is 1.84. The highest BCUT2D eigenvalue weighted by molar-refractivity contribution is 7.89. The number of amides is 1. The minimum absolute atomic E-state index is 0.00153. The molecular formula is C20H33N3O3S. The van der Waals surface area contributed by atoms with Gasteiger partial charge in [-0.2, -0.15) is 0 Å². The van der Waals surface area contributed by atoms with Crippen LogP contribution in [-0.2, 0) is 16.4 Å². The molecule has 1 unspecified atom stereocenters. The highest BCUT2D eigenvalue weighted by Gasteiger charge is 2.22. The third kappa shape index (κ3) is 6.59. The van der Waals surface area contributed by atoms with E-state index < -0.39 is 10.0 Å². The van der Waals surface area contributed by atoms with E-state index in [0.29, 0.717) is 18.9 Å². The Balaban J connectivity index is 1.78. The van der Waals surface area contributed by atoms with E-state index in [0.717, 1.165) is 50.0 Å². The predicted octanol–water partition coefficient (Wildman–Crippen LogP) is 1.97. The SMILES string of the molecule is CCc1ccccc1C(=O)NCC1CCCN(CCCS(=O)(=O)N(C)C)C1. The smallest absolute Gasteiger partial charge is 0.251 e. The average Bonchev–Trinajstić information content (AvgIpc) is 2.66. The van der Waals surface area contributed by atoms with Gasteiger partial charge in [0.2, 0.25) is 10.0 Å². The summed E-state index contributed by atoms with van der Waals surface area (Å²) < 4.78 is 25.0. The maximum atomic E-state index is 12.5. The summed E-state index contributed by atoms with van der Waals surface area (Å²) in [5.74, 6) is 0.606. The van der Waals surface area contributed by atoms with Gasteiger partial charge in [-0.3, -0.25) is 4.79 Å². The predicted molar refractivity (Wildman–Crippen MR) is 109 cm³/mol. The number of aryl methyl sites for hydroxylation is 1. The molecule has 0 bridgehead atoms. The molecule has 1 aromatic rings. The fourth-order valence-electron chi connectivity index (χ4n) is 3.56. The van der Waals surface area contributed by atoms with Gasteiger partial charge in [0.15, 0.2) is 0 Å². The molecular weight excluding hydrogens is 362 g/mol. The van der Waals surface area contributed by atoms with Gasteiger partial charge in [-0.25, -0.2) is 12.7 Å². The number of likely N-dealkylation sites (tertiary alicyclic amines) is 1. The maximum absolute atomic E-state index is 12.5. The summed E-state index contributed by atoms with van der Waals surface area (Å²) in [7, 11) is 0.0284. The van der Waals surface area contributed by atoms with Crippen molar-refractivity contribution in [1.29, 1.82) is 0 Å². The van der Waals surface area contributed by atoms with Crippen LogP contribution in [0.25, 0.3) is 0 Å². The first-order valence-electron chi connectivity index (χ1n) is 9.82. The van der Waals surface area contributed by atoms with Crippen molar-refractivity contribution in [3.05, 3.63) is 35.4 Å². The second kappa shape index (κ2) is 10.2. The van der Waals surface area contributed by atoms with Gasteiger partial charge in [-0.1, -0.05) is 25.1 Å². The summed E-state index contributed by atoms with van der Waals surface area (Å²) in [6, 6.07) is 7.74. The van der Waals surface area contributed by atoms with E-state index in [1.54, 1.807) is 14.1 Å². The van der Waals surface area contributed by atoms with Crippen LogP contribution >= 0.6 is 0 Å². The molecule has 0 spiro atoms. The molecule has 0 saturated carbocycles. The van der Waals surface area contributed by atoms with Crippen molar-refractivity contribution in [2.75, 3.05) is 46.0 Å². The number of benzene rings is 1. The van der Waals surface area contributed by atoms with Crippen LogP contribution in [0.15, 0.2) is 24.3 Å². The summed E-state index contributed by atoms with van der Waals surface area (Å²) in [4.78, 5) is 14.8. The zero-order valence-corrected chi connectivity index (χ0v) is 17.6. The third-order valence-electron chi connectivity index (χ3n) is 5.23. The first-order chi connectivity index (χ1) is 12.8. The van der Waals surface area contributed by atoms with Crippen LogP contribution in [0, 0.1) is 5.92 Å². The van der Waals surface area contributed by atoms with Gasteiger partial charge in [-0.05, 0) is 56.3 Å². The molecule has 1 aromatic carbocycles. The lowest BCUT2D eigenvalue weighted by Gasteiger charge is -2.33. The molecule has 27 heavy (non-hydrogen) atoms. The molecule has 0 radical (unpaired) electrons. The Morgan fingerprint density at radius 3 is 2.74 bits per heavy atom. The first kappa shape index (κ1) is 21.9. The molecule has 1 amide bonds. The van der Waals surface area contributed by atoms with Crippen LogP contribution in [0.5, 0.6) is 0 Å². The Morgan fingerprint density at radius 1 is 1.30 bits per heavy atom. The molecule has 1 N–H and O–H groups in total. The second-order valence-electron chi connectivity index (χ2n) is 7.48. The summed E-state index contributed by atoms with van der Waals surface area (Å²) >= 11 is 0. The molecule has 0 aromatic heterocycles. The fraction of sp³-hybridized carbons (Fsp3) is 0.650. The zero-order valence-electron chi connectivity index (χ0n) is 16.8. The molecule has 1 atom stereocenters. The van der Waals surface area contributed by atoms with Gasteiger partial charge in [0.1, 0.15) is 0 Å². The van der Waals surface area contributed by atoms with E-state index in [1.807, 2.05) is 24.3 Å². The van der Waals surface area contributed by atoms with Crippen molar-refractivity contribution in [3.8, 4) is 0 Å². The van der Waals surface area contributed by atoms with Crippen molar-refractivity contribution < 1.29 is 13.2 Å². The van der Waals surface area contributed by atoms with Gasteiger partial charge < -0.3 is 10.2 Å². The Hall–Kier alpha value is -1.44. The number of carbonyl (C=O) groups is 1. The van der Waals surface area contributed by atoms with Gasteiger partial charge in [0, 0.05) is 32.7 Å². The minimum atomic E-state index is -3.12. The van der Waals surface area contributed by atoms with E-state index in [-0.39, 0.29) is 11.7 Å². The highest BCUT2D eigenvalue weighted by atomic mass is 32.2. The molecule has 7 heteroatoms. The zero-order chi connectivity index (χ0) is 19.9. The lowest BCUT2D eigenvalue weighted by molar-refractivity contribution is 0.0931. The lowest BCUT2D eigenvalue weighted by Crippen LogP contribution is -2.41. The third-order valence-corrected chi connectivity index (χ3v) is 7.15. The fourth-order valence-corrected chi connectivity index (χ4v) is 4.42. The van der Waals surface area contributed by atoms with Crippen LogP contribution < -0.4 is 5.32 Å². The van der Waals surface area contributed by atoms with Gasteiger partial charge in [0.25, 0.3) is 5.91 Å². The normalized spacial score (nSPS) is 18.6. The number of piperidine rings is 1. The quantitative estimate of drug-likeness (QED) is 0.694. The number of rotatable bonds is 9. The molecule has 2 rings (SSSR count). The molecule has 1 heterocycles. The van der Waals surface area contributed by atoms with E-state index in [4.69, 9.17) is 0 Å². The van der Waals surface area contributed by atoms with Crippen LogP contribution in [0.2, 0.25) is 0 Å². The molecule has 1 fully saturated rings. The Bertz CT molecular complexity index is 719. The van der Waals surface area contributed by atoms with Crippen molar-refractivity contribution in [2.45, 2.75) is 32.6 Å². The van der Waals surface area contributed by atoms with Crippen LogP contribution in [0.3, 0.4) is 0 Å². The van der Waals surface area contributed by atoms with Gasteiger partial charge in [0.05, 0.1) is 5.75 Å². The van der Waals surface area contributed by atoms with Crippen molar-refractivity contribution >= 4 is 15.9 Å².